The number of aromatic amines is 1. The van der Waals surface area contributed by atoms with Crippen molar-refractivity contribution < 1.29 is 9.53 Å². The van der Waals surface area contributed by atoms with Gasteiger partial charge in [0.15, 0.2) is 5.69 Å². The number of aromatic nitrogens is 3. The molecule has 2 aromatic heterocycles. The highest BCUT2D eigenvalue weighted by Crippen LogP contribution is 2.28. The number of rotatable bonds is 2. The number of nitrogens with one attached hydrogen (secondary N) is 1. The first-order valence-electron chi connectivity index (χ1n) is 4.46. The molecular formula is C10H8BrN3O2. The Kier molecular flexibility index (Phi) is 3.00. The van der Waals surface area contributed by atoms with E-state index in [0.717, 1.165) is 5.56 Å². The van der Waals surface area contributed by atoms with Gasteiger partial charge in [-0.1, -0.05) is 0 Å². The Bertz CT molecular complexity index is 510. The molecule has 0 aliphatic carbocycles. The summed E-state index contributed by atoms with van der Waals surface area (Å²) in [5.41, 5.74) is 1.82. The number of H-pyrrole nitrogens is 1. The van der Waals surface area contributed by atoms with Crippen molar-refractivity contribution in [2.45, 2.75) is 0 Å². The largest absolute Gasteiger partial charge is 0.464 e. The fourth-order valence-corrected chi connectivity index (χ4v) is 1.83. The third-order valence-electron chi connectivity index (χ3n) is 2.05. The van der Waals surface area contributed by atoms with Gasteiger partial charge in [-0.05, 0) is 28.1 Å². The van der Waals surface area contributed by atoms with Crippen LogP contribution in [0.15, 0.2) is 29.0 Å². The van der Waals surface area contributed by atoms with Gasteiger partial charge in [-0.15, -0.1) is 0 Å². The molecule has 0 unspecified atom stereocenters. The molecule has 0 saturated heterocycles. The molecule has 5 nitrogen and oxygen atoms in total. The summed E-state index contributed by atoms with van der Waals surface area (Å²) in [7, 11) is 1.32. The van der Waals surface area contributed by atoms with Gasteiger partial charge in [-0.25, -0.2) is 4.79 Å². The van der Waals surface area contributed by atoms with Crippen molar-refractivity contribution in [3.8, 4) is 11.3 Å². The number of carbonyl (C=O) groups excluding carboxylic acids is 1. The first-order chi connectivity index (χ1) is 7.74. The topological polar surface area (TPSA) is 67.9 Å². The van der Waals surface area contributed by atoms with Crippen molar-refractivity contribution in [1.82, 2.24) is 15.2 Å². The molecule has 0 saturated carbocycles. The molecule has 0 fully saturated rings. The molecule has 0 amide bonds. The van der Waals surface area contributed by atoms with Gasteiger partial charge in [0.05, 0.1) is 11.6 Å². The number of methoxy groups -OCH3 is 1. The first-order valence-corrected chi connectivity index (χ1v) is 5.26. The molecule has 0 aromatic carbocycles. The van der Waals surface area contributed by atoms with Crippen LogP contribution in [0.4, 0.5) is 0 Å². The van der Waals surface area contributed by atoms with Crippen LogP contribution in [0, 0.1) is 0 Å². The second kappa shape index (κ2) is 4.44. The Morgan fingerprint density at radius 1 is 1.44 bits per heavy atom. The molecule has 2 heterocycles. The summed E-state index contributed by atoms with van der Waals surface area (Å²) in [4.78, 5) is 15.3. The minimum Gasteiger partial charge on any atom is -0.464 e. The van der Waals surface area contributed by atoms with E-state index in [2.05, 4.69) is 35.8 Å². The van der Waals surface area contributed by atoms with Crippen LogP contribution in [0.2, 0.25) is 0 Å². The minimum atomic E-state index is -0.459. The zero-order valence-electron chi connectivity index (χ0n) is 8.40. The molecule has 16 heavy (non-hydrogen) atoms. The Morgan fingerprint density at radius 3 is 2.75 bits per heavy atom. The molecule has 82 valence electrons. The third kappa shape index (κ3) is 1.83. The Balaban J connectivity index is 2.45. The molecular weight excluding hydrogens is 274 g/mol. The lowest BCUT2D eigenvalue weighted by atomic mass is 10.2. The van der Waals surface area contributed by atoms with E-state index in [4.69, 9.17) is 0 Å². The minimum absolute atomic E-state index is 0.300. The summed E-state index contributed by atoms with van der Waals surface area (Å²) < 4.78 is 5.20. The third-order valence-corrected chi connectivity index (χ3v) is 2.82. The second-order valence-corrected chi connectivity index (χ2v) is 3.78. The number of carbonyl (C=O) groups is 1. The smallest absolute Gasteiger partial charge is 0.357 e. The van der Waals surface area contributed by atoms with Crippen LogP contribution in [-0.4, -0.2) is 28.3 Å². The molecule has 0 radical (unpaired) electrons. The average molecular weight is 282 g/mol. The van der Waals surface area contributed by atoms with Crippen LogP contribution in [-0.2, 0) is 4.74 Å². The normalized spacial score (nSPS) is 10.1. The van der Waals surface area contributed by atoms with Crippen LogP contribution in [0.5, 0.6) is 0 Å². The van der Waals surface area contributed by atoms with Gasteiger partial charge in [0.25, 0.3) is 0 Å². The van der Waals surface area contributed by atoms with Crippen LogP contribution in [0.1, 0.15) is 10.5 Å². The van der Waals surface area contributed by atoms with Crippen LogP contribution < -0.4 is 0 Å². The number of esters is 1. The second-order valence-electron chi connectivity index (χ2n) is 2.99. The number of hydrogen-bond donors (Lipinski definition) is 1. The van der Waals surface area contributed by atoms with E-state index in [1.54, 1.807) is 12.4 Å². The van der Waals surface area contributed by atoms with Crippen LogP contribution in [0.3, 0.4) is 0 Å². The lowest BCUT2D eigenvalue weighted by Crippen LogP contribution is -2.02. The number of nitrogens with zero attached hydrogens (tertiary/aromatic N) is 2. The van der Waals surface area contributed by atoms with Gasteiger partial charge in [0.1, 0.15) is 5.69 Å². The number of pyridine rings is 1. The quantitative estimate of drug-likeness (QED) is 0.856. The van der Waals surface area contributed by atoms with E-state index in [1.807, 2.05) is 12.1 Å². The summed E-state index contributed by atoms with van der Waals surface area (Å²) >= 11 is 3.31. The van der Waals surface area contributed by atoms with Crippen LogP contribution >= 0.6 is 15.9 Å². The zero-order chi connectivity index (χ0) is 11.5. The summed E-state index contributed by atoms with van der Waals surface area (Å²) in [6.45, 7) is 0. The molecule has 2 aromatic rings. The number of halogens is 1. The van der Waals surface area contributed by atoms with Gasteiger partial charge in [-0.2, -0.15) is 5.10 Å². The number of hydrogen-bond acceptors (Lipinski definition) is 4. The lowest BCUT2D eigenvalue weighted by molar-refractivity contribution is 0.0593. The SMILES string of the molecule is COC(=O)c1[nH]nc(-c2ccncc2)c1Br. The predicted octanol–water partition coefficient (Wildman–Crippen LogP) is 2.02. The molecule has 0 spiro atoms. The zero-order valence-corrected chi connectivity index (χ0v) is 9.98. The highest BCUT2D eigenvalue weighted by molar-refractivity contribution is 9.10. The maximum absolute atomic E-state index is 11.3. The molecule has 0 atom stereocenters. The fraction of sp³-hybridized carbons (Fsp3) is 0.100. The monoisotopic (exact) mass is 281 g/mol. The van der Waals surface area contributed by atoms with Crippen molar-refractivity contribution in [3.05, 3.63) is 34.7 Å². The average Bonchev–Trinajstić information content (AvgIpc) is 2.71. The highest BCUT2D eigenvalue weighted by atomic mass is 79.9. The maximum Gasteiger partial charge on any atom is 0.357 e. The van der Waals surface area contributed by atoms with Crippen LogP contribution in [0.25, 0.3) is 11.3 Å². The van der Waals surface area contributed by atoms with Crippen molar-refractivity contribution in [2.24, 2.45) is 0 Å². The molecule has 0 aliphatic heterocycles. The van der Waals surface area contributed by atoms with Gasteiger partial charge < -0.3 is 4.74 Å². The van der Waals surface area contributed by atoms with E-state index in [-0.39, 0.29) is 0 Å². The molecule has 0 aliphatic rings. The van der Waals surface area contributed by atoms with E-state index in [9.17, 15) is 4.79 Å². The Hall–Kier alpha value is -1.69. The Labute approximate surface area is 100.0 Å². The molecule has 6 heteroatoms. The van der Waals surface area contributed by atoms with Gasteiger partial charge in [0, 0.05) is 18.0 Å². The summed E-state index contributed by atoms with van der Waals surface area (Å²) in [5.74, 6) is -0.459. The first kappa shape index (κ1) is 10.8. The molecule has 2 rings (SSSR count). The molecule has 1 N–H and O–H groups in total. The van der Waals surface area contributed by atoms with Crippen molar-refractivity contribution in [2.75, 3.05) is 7.11 Å². The Morgan fingerprint density at radius 2 is 2.12 bits per heavy atom. The summed E-state index contributed by atoms with van der Waals surface area (Å²) in [6, 6.07) is 3.62. The standard InChI is InChI=1S/C10H8BrN3O2/c1-16-10(15)9-7(11)8(13-14-9)6-2-4-12-5-3-6/h2-5H,1H3,(H,13,14). The predicted molar refractivity (Wildman–Crippen MR) is 60.9 cm³/mol. The van der Waals surface area contributed by atoms with E-state index in [0.29, 0.717) is 15.9 Å². The van der Waals surface area contributed by atoms with Gasteiger partial charge in [-0.3, -0.25) is 10.1 Å². The number of ether oxygens (including phenoxy) is 1. The van der Waals surface area contributed by atoms with E-state index < -0.39 is 5.97 Å². The van der Waals surface area contributed by atoms with Gasteiger partial charge >= 0.3 is 5.97 Å². The highest BCUT2D eigenvalue weighted by Gasteiger charge is 2.18. The van der Waals surface area contributed by atoms with Crippen molar-refractivity contribution >= 4 is 21.9 Å². The van der Waals surface area contributed by atoms with E-state index in [1.165, 1.54) is 7.11 Å². The molecule has 0 bridgehead atoms. The van der Waals surface area contributed by atoms with E-state index >= 15 is 0 Å². The maximum atomic E-state index is 11.3. The van der Waals surface area contributed by atoms with Gasteiger partial charge in [0.2, 0.25) is 0 Å². The fourth-order valence-electron chi connectivity index (χ4n) is 1.27. The van der Waals surface area contributed by atoms with Crippen molar-refractivity contribution in [1.29, 1.82) is 0 Å². The van der Waals surface area contributed by atoms with Crippen molar-refractivity contribution in [3.63, 3.8) is 0 Å². The summed E-state index contributed by atoms with van der Waals surface area (Å²) in [6.07, 6.45) is 3.32. The lowest BCUT2D eigenvalue weighted by Gasteiger charge is -1.97. The summed E-state index contributed by atoms with van der Waals surface area (Å²) in [5, 5.41) is 6.69.